The highest BCUT2D eigenvalue weighted by Gasteiger charge is 2.25. The van der Waals surface area contributed by atoms with Crippen LogP contribution in [0.15, 0.2) is 18.5 Å². The zero-order valence-corrected chi connectivity index (χ0v) is 14.5. The normalized spacial score (nSPS) is 19.5. The van der Waals surface area contributed by atoms with E-state index in [4.69, 9.17) is 4.74 Å². The average Bonchev–Trinajstić information content (AvgIpc) is 2.97. The van der Waals surface area contributed by atoms with E-state index in [9.17, 15) is 4.79 Å². The van der Waals surface area contributed by atoms with Crippen molar-refractivity contribution in [1.82, 2.24) is 9.47 Å². The first-order valence-electron chi connectivity index (χ1n) is 8.38. The van der Waals surface area contributed by atoms with E-state index in [1.54, 1.807) is 7.11 Å². The van der Waals surface area contributed by atoms with Gasteiger partial charge in [-0.2, -0.15) is 0 Å². The van der Waals surface area contributed by atoms with Crippen LogP contribution in [0.4, 0.5) is 0 Å². The van der Waals surface area contributed by atoms with Crippen LogP contribution in [0.2, 0.25) is 0 Å². The molecule has 0 N–H and O–H groups in total. The van der Waals surface area contributed by atoms with Crippen molar-refractivity contribution in [2.45, 2.75) is 52.0 Å². The van der Waals surface area contributed by atoms with E-state index < -0.39 is 0 Å². The molecule has 1 aliphatic heterocycles. The molecule has 2 rings (SSSR count). The van der Waals surface area contributed by atoms with Crippen LogP contribution in [-0.4, -0.2) is 42.2 Å². The molecule has 1 aromatic rings. The van der Waals surface area contributed by atoms with E-state index in [1.165, 1.54) is 6.42 Å². The summed E-state index contributed by atoms with van der Waals surface area (Å²) in [5, 5.41) is 0. The maximum Gasteiger partial charge on any atom is 0.255 e. The number of piperidine rings is 1. The SMILES string of the molecule is COCCC[C@H]1CCCN(C(=O)c2ccn(C(C)(C)C)c2)C1. The van der Waals surface area contributed by atoms with Gasteiger partial charge in [0.2, 0.25) is 0 Å². The standard InChI is InChI=1S/C18H30N2O2/c1-18(2,3)20-11-9-16(14-20)17(21)19-10-5-7-15(13-19)8-6-12-22-4/h9,11,14-15H,5-8,10,12-13H2,1-4H3/t15-/m1/s1. The Morgan fingerprint density at radius 1 is 1.41 bits per heavy atom. The number of rotatable bonds is 5. The Morgan fingerprint density at radius 3 is 2.82 bits per heavy atom. The minimum Gasteiger partial charge on any atom is -0.385 e. The van der Waals surface area contributed by atoms with Gasteiger partial charge in [0.15, 0.2) is 0 Å². The van der Waals surface area contributed by atoms with Gasteiger partial charge in [0.05, 0.1) is 5.56 Å². The van der Waals surface area contributed by atoms with E-state index in [0.717, 1.165) is 44.5 Å². The molecule has 0 bridgehead atoms. The molecule has 124 valence electrons. The lowest BCUT2D eigenvalue weighted by molar-refractivity contribution is 0.0660. The minimum absolute atomic E-state index is 0.0170. The highest BCUT2D eigenvalue weighted by atomic mass is 16.5. The van der Waals surface area contributed by atoms with Gasteiger partial charge in [0.25, 0.3) is 5.91 Å². The lowest BCUT2D eigenvalue weighted by atomic mass is 9.93. The van der Waals surface area contributed by atoms with Gasteiger partial charge < -0.3 is 14.2 Å². The molecule has 0 unspecified atom stereocenters. The van der Waals surface area contributed by atoms with Crippen molar-refractivity contribution in [3.63, 3.8) is 0 Å². The van der Waals surface area contributed by atoms with Crippen LogP contribution < -0.4 is 0 Å². The molecule has 1 saturated heterocycles. The quantitative estimate of drug-likeness (QED) is 0.780. The second kappa shape index (κ2) is 7.32. The molecule has 1 fully saturated rings. The first kappa shape index (κ1) is 17.1. The van der Waals surface area contributed by atoms with Gasteiger partial charge >= 0.3 is 0 Å². The van der Waals surface area contributed by atoms with Crippen molar-refractivity contribution >= 4 is 5.91 Å². The van der Waals surface area contributed by atoms with E-state index >= 15 is 0 Å². The number of amides is 1. The van der Waals surface area contributed by atoms with Crippen LogP contribution in [0.5, 0.6) is 0 Å². The maximum atomic E-state index is 12.7. The lowest BCUT2D eigenvalue weighted by Crippen LogP contribution is -2.39. The van der Waals surface area contributed by atoms with Crippen LogP contribution in [0.1, 0.15) is 56.8 Å². The molecule has 0 aliphatic carbocycles. The predicted molar refractivity (Wildman–Crippen MR) is 89.2 cm³/mol. The fraction of sp³-hybridized carbons (Fsp3) is 0.722. The maximum absolute atomic E-state index is 12.7. The first-order chi connectivity index (χ1) is 10.4. The number of hydrogen-bond acceptors (Lipinski definition) is 2. The summed E-state index contributed by atoms with van der Waals surface area (Å²) in [5.74, 6) is 0.803. The molecule has 22 heavy (non-hydrogen) atoms. The van der Waals surface area contributed by atoms with E-state index in [1.807, 2.05) is 23.4 Å². The van der Waals surface area contributed by atoms with Crippen LogP contribution in [0.3, 0.4) is 0 Å². The van der Waals surface area contributed by atoms with Crippen LogP contribution in [-0.2, 0) is 10.3 Å². The fourth-order valence-electron chi connectivity index (χ4n) is 3.12. The van der Waals surface area contributed by atoms with Gasteiger partial charge in [0.1, 0.15) is 0 Å². The second-order valence-electron chi connectivity index (χ2n) is 7.37. The van der Waals surface area contributed by atoms with Crippen LogP contribution >= 0.6 is 0 Å². The number of ether oxygens (including phenoxy) is 1. The largest absolute Gasteiger partial charge is 0.385 e. The molecule has 4 nitrogen and oxygen atoms in total. The van der Waals surface area contributed by atoms with Gasteiger partial charge in [-0.3, -0.25) is 4.79 Å². The average molecular weight is 306 g/mol. The summed E-state index contributed by atoms with van der Waals surface area (Å²) in [6.45, 7) is 9.04. The fourth-order valence-corrected chi connectivity index (χ4v) is 3.12. The smallest absolute Gasteiger partial charge is 0.255 e. The molecule has 0 saturated carbocycles. The molecule has 2 heterocycles. The summed E-state index contributed by atoms with van der Waals surface area (Å²) in [4.78, 5) is 14.7. The second-order valence-corrected chi connectivity index (χ2v) is 7.37. The molecule has 1 amide bonds. The zero-order chi connectivity index (χ0) is 16.2. The number of hydrogen-bond donors (Lipinski definition) is 0. The molecule has 0 radical (unpaired) electrons. The summed E-state index contributed by atoms with van der Waals surface area (Å²) < 4.78 is 7.24. The highest BCUT2D eigenvalue weighted by Crippen LogP contribution is 2.23. The van der Waals surface area contributed by atoms with Crippen LogP contribution in [0, 0.1) is 5.92 Å². The van der Waals surface area contributed by atoms with Gasteiger partial charge in [-0.05, 0) is 58.4 Å². The minimum atomic E-state index is 0.0170. The van der Waals surface area contributed by atoms with Crippen molar-refractivity contribution < 1.29 is 9.53 Å². The zero-order valence-electron chi connectivity index (χ0n) is 14.5. The molecule has 0 aromatic carbocycles. The number of carbonyl (C=O) groups excluding carboxylic acids is 1. The number of likely N-dealkylation sites (tertiary alicyclic amines) is 1. The monoisotopic (exact) mass is 306 g/mol. The molecule has 0 spiro atoms. The summed E-state index contributed by atoms with van der Waals surface area (Å²) in [6.07, 6.45) is 8.58. The van der Waals surface area contributed by atoms with Gasteiger partial charge in [-0.1, -0.05) is 0 Å². The predicted octanol–water partition coefficient (Wildman–Crippen LogP) is 3.52. The number of methoxy groups -OCH3 is 1. The van der Waals surface area contributed by atoms with Crippen LogP contribution in [0.25, 0.3) is 0 Å². The molecular formula is C18H30N2O2. The van der Waals surface area contributed by atoms with Crippen molar-refractivity contribution in [1.29, 1.82) is 0 Å². The highest BCUT2D eigenvalue weighted by molar-refractivity contribution is 5.94. The number of carbonyl (C=O) groups is 1. The number of nitrogens with zero attached hydrogens (tertiary/aromatic N) is 2. The molecule has 1 aromatic heterocycles. The number of aromatic nitrogens is 1. The molecule has 1 atom stereocenters. The van der Waals surface area contributed by atoms with Crippen molar-refractivity contribution in [2.24, 2.45) is 5.92 Å². The topological polar surface area (TPSA) is 34.5 Å². The van der Waals surface area contributed by atoms with Gasteiger partial charge in [-0.15, -0.1) is 0 Å². The Balaban J connectivity index is 1.95. The Bertz CT molecular complexity index is 488. The summed E-state index contributed by atoms with van der Waals surface area (Å²) >= 11 is 0. The van der Waals surface area contributed by atoms with E-state index in [0.29, 0.717) is 5.92 Å². The third-order valence-electron chi connectivity index (χ3n) is 4.48. The molecule has 1 aliphatic rings. The third kappa shape index (κ3) is 4.35. The molecular weight excluding hydrogens is 276 g/mol. The van der Waals surface area contributed by atoms with E-state index in [2.05, 4.69) is 25.3 Å². The van der Waals surface area contributed by atoms with Gasteiger partial charge in [-0.25, -0.2) is 0 Å². The Kier molecular flexibility index (Phi) is 5.68. The first-order valence-corrected chi connectivity index (χ1v) is 8.38. The van der Waals surface area contributed by atoms with Crippen molar-refractivity contribution in [2.75, 3.05) is 26.8 Å². The Labute approximate surface area is 134 Å². The van der Waals surface area contributed by atoms with Gasteiger partial charge in [0, 0.05) is 44.7 Å². The summed E-state index contributed by atoms with van der Waals surface area (Å²) in [5.41, 5.74) is 0.829. The third-order valence-corrected chi connectivity index (χ3v) is 4.48. The van der Waals surface area contributed by atoms with Crippen molar-refractivity contribution in [3.8, 4) is 0 Å². The summed E-state index contributed by atoms with van der Waals surface area (Å²) in [7, 11) is 1.75. The molecule has 4 heteroatoms. The van der Waals surface area contributed by atoms with E-state index in [-0.39, 0.29) is 11.4 Å². The summed E-state index contributed by atoms with van der Waals surface area (Å²) in [6, 6.07) is 1.95. The Morgan fingerprint density at radius 2 is 2.18 bits per heavy atom. The van der Waals surface area contributed by atoms with Crippen molar-refractivity contribution in [3.05, 3.63) is 24.0 Å². The Hall–Kier alpha value is -1.29. The lowest BCUT2D eigenvalue weighted by Gasteiger charge is -2.32.